The average molecular weight is 399 g/mol. The molecule has 0 radical (unpaired) electrons. The van der Waals surface area contributed by atoms with Crippen molar-refractivity contribution < 1.29 is 19.2 Å². The molecular formula is C19H17N3O5S. The Morgan fingerprint density at radius 2 is 1.96 bits per heavy atom. The second-order valence-corrected chi connectivity index (χ2v) is 7.09. The highest BCUT2D eigenvalue weighted by Gasteiger charge is 2.37. The van der Waals surface area contributed by atoms with E-state index >= 15 is 0 Å². The lowest BCUT2D eigenvalue weighted by molar-refractivity contribution is -0.385. The smallest absolute Gasteiger partial charge is 0.293 e. The van der Waals surface area contributed by atoms with Gasteiger partial charge in [-0.25, -0.2) is 4.98 Å². The van der Waals surface area contributed by atoms with Gasteiger partial charge in [0.15, 0.2) is 0 Å². The third-order valence-electron chi connectivity index (χ3n) is 4.19. The van der Waals surface area contributed by atoms with Crippen LogP contribution in [0.4, 0.5) is 10.5 Å². The molecule has 1 saturated heterocycles. The molecule has 2 amide bonds. The van der Waals surface area contributed by atoms with Gasteiger partial charge in [0.1, 0.15) is 11.9 Å². The van der Waals surface area contributed by atoms with Crippen LogP contribution in [0, 0.1) is 10.1 Å². The van der Waals surface area contributed by atoms with Crippen molar-refractivity contribution in [3.63, 3.8) is 0 Å². The molecule has 1 fully saturated rings. The maximum atomic E-state index is 12.4. The third kappa shape index (κ3) is 4.20. The standard InChI is InChI=1S/C19H17N3O5S/c1-3-12(2)21-18(23)16(28-19(21)24)10-13-4-7-15(8-5-13)27-17-9-6-14(11-20-17)22(25)26/h4-12H,3H2,1-2H3/b16-10+. The van der Waals surface area contributed by atoms with E-state index in [0.717, 1.165) is 23.5 Å². The number of rotatable bonds is 6. The van der Waals surface area contributed by atoms with Crippen molar-refractivity contribution in [3.8, 4) is 11.6 Å². The van der Waals surface area contributed by atoms with Gasteiger partial charge in [-0.2, -0.15) is 0 Å². The molecule has 28 heavy (non-hydrogen) atoms. The monoisotopic (exact) mass is 399 g/mol. The van der Waals surface area contributed by atoms with Crippen molar-refractivity contribution in [2.24, 2.45) is 0 Å². The Kier molecular flexibility index (Phi) is 5.74. The van der Waals surface area contributed by atoms with Gasteiger partial charge in [-0.1, -0.05) is 19.1 Å². The first kappa shape index (κ1) is 19.6. The predicted octanol–water partition coefficient (Wildman–Crippen LogP) is 4.62. The van der Waals surface area contributed by atoms with Crippen LogP contribution in [0.3, 0.4) is 0 Å². The molecule has 8 nitrogen and oxygen atoms in total. The van der Waals surface area contributed by atoms with Crippen LogP contribution in [0.15, 0.2) is 47.5 Å². The Bertz CT molecular complexity index is 941. The third-order valence-corrected chi connectivity index (χ3v) is 5.07. The van der Waals surface area contributed by atoms with Crippen molar-refractivity contribution >= 4 is 34.7 Å². The Labute approximate surface area is 165 Å². The van der Waals surface area contributed by atoms with Gasteiger partial charge < -0.3 is 4.74 Å². The van der Waals surface area contributed by atoms with Crippen molar-refractivity contribution in [1.29, 1.82) is 0 Å². The first-order valence-electron chi connectivity index (χ1n) is 8.54. The summed E-state index contributed by atoms with van der Waals surface area (Å²) in [6.07, 6.45) is 3.49. The summed E-state index contributed by atoms with van der Waals surface area (Å²) in [6.45, 7) is 3.77. The highest BCUT2D eigenvalue weighted by molar-refractivity contribution is 8.18. The number of pyridine rings is 1. The number of nitro groups is 1. The lowest BCUT2D eigenvalue weighted by atomic mass is 10.2. The molecule has 3 rings (SSSR count). The maximum absolute atomic E-state index is 12.4. The van der Waals surface area contributed by atoms with E-state index in [2.05, 4.69) is 4.98 Å². The van der Waals surface area contributed by atoms with Crippen LogP contribution in [-0.4, -0.2) is 32.0 Å². The summed E-state index contributed by atoms with van der Waals surface area (Å²) >= 11 is 0.933. The predicted molar refractivity (Wildman–Crippen MR) is 105 cm³/mol. The minimum Gasteiger partial charge on any atom is -0.439 e. The highest BCUT2D eigenvalue weighted by atomic mass is 32.2. The summed E-state index contributed by atoms with van der Waals surface area (Å²) < 4.78 is 5.55. The summed E-state index contributed by atoms with van der Waals surface area (Å²) in [5.74, 6) is 0.444. The van der Waals surface area contributed by atoms with Crippen molar-refractivity contribution in [3.05, 3.63) is 63.2 Å². The fraction of sp³-hybridized carbons (Fsp3) is 0.211. The van der Waals surface area contributed by atoms with Gasteiger partial charge in [-0.3, -0.25) is 24.6 Å². The minimum absolute atomic E-state index is 0.117. The normalized spacial score (nSPS) is 16.5. The number of carbonyl (C=O) groups excluding carboxylic acids is 2. The zero-order valence-electron chi connectivity index (χ0n) is 15.2. The van der Waals surface area contributed by atoms with Crippen LogP contribution in [0.2, 0.25) is 0 Å². The van der Waals surface area contributed by atoms with E-state index in [1.54, 1.807) is 30.3 Å². The molecular weight excluding hydrogens is 382 g/mol. The molecule has 1 atom stereocenters. The van der Waals surface area contributed by atoms with E-state index in [1.165, 1.54) is 17.0 Å². The van der Waals surface area contributed by atoms with E-state index in [0.29, 0.717) is 17.1 Å². The van der Waals surface area contributed by atoms with Crippen LogP contribution in [-0.2, 0) is 4.79 Å². The van der Waals surface area contributed by atoms with Crippen LogP contribution >= 0.6 is 11.8 Å². The number of hydrogen-bond acceptors (Lipinski definition) is 7. The number of benzene rings is 1. The number of carbonyl (C=O) groups is 2. The average Bonchev–Trinajstić information content (AvgIpc) is 2.96. The van der Waals surface area contributed by atoms with Crippen LogP contribution in [0.1, 0.15) is 25.8 Å². The fourth-order valence-corrected chi connectivity index (χ4v) is 3.42. The van der Waals surface area contributed by atoms with Crippen LogP contribution in [0.25, 0.3) is 6.08 Å². The largest absolute Gasteiger partial charge is 0.439 e. The molecule has 0 bridgehead atoms. The number of imide groups is 1. The van der Waals surface area contributed by atoms with Gasteiger partial charge in [0.2, 0.25) is 5.88 Å². The summed E-state index contributed by atoms with van der Waals surface area (Å²) in [5.41, 5.74) is 0.632. The molecule has 1 aliphatic heterocycles. The summed E-state index contributed by atoms with van der Waals surface area (Å²) in [6, 6.07) is 9.46. The van der Waals surface area contributed by atoms with Gasteiger partial charge in [0.25, 0.3) is 16.8 Å². The second-order valence-electron chi connectivity index (χ2n) is 6.09. The summed E-state index contributed by atoms with van der Waals surface area (Å²) in [5, 5.41) is 10.4. The number of amides is 2. The molecule has 1 aliphatic rings. The van der Waals surface area contributed by atoms with E-state index < -0.39 is 4.92 Å². The van der Waals surface area contributed by atoms with Gasteiger partial charge in [0.05, 0.1) is 9.83 Å². The maximum Gasteiger partial charge on any atom is 0.293 e. The Morgan fingerprint density at radius 1 is 1.25 bits per heavy atom. The van der Waals surface area contributed by atoms with Crippen LogP contribution < -0.4 is 4.74 Å². The van der Waals surface area contributed by atoms with E-state index in [1.807, 2.05) is 13.8 Å². The summed E-state index contributed by atoms with van der Waals surface area (Å²) in [4.78, 5) is 40.2. The number of hydrogen-bond donors (Lipinski definition) is 0. The van der Waals surface area contributed by atoms with Crippen molar-refractivity contribution in [1.82, 2.24) is 9.88 Å². The SMILES string of the molecule is CCC(C)N1C(=O)S/C(=C/c2ccc(Oc3ccc([N+](=O)[O-])cn3)cc2)C1=O. The van der Waals surface area contributed by atoms with Crippen LogP contribution in [0.5, 0.6) is 11.6 Å². The number of thioether (sulfide) groups is 1. The molecule has 0 N–H and O–H groups in total. The second kappa shape index (κ2) is 8.22. The van der Waals surface area contributed by atoms with E-state index in [-0.39, 0.29) is 28.8 Å². The molecule has 1 aromatic heterocycles. The van der Waals surface area contributed by atoms with E-state index in [9.17, 15) is 19.7 Å². The quantitative estimate of drug-likeness (QED) is 0.397. The Balaban J connectivity index is 1.71. The zero-order valence-corrected chi connectivity index (χ0v) is 16.0. The van der Waals surface area contributed by atoms with Crippen molar-refractivity contribution in [2.45, 2.75) is 26.3 Å². The van der Waals surface area contributed by atoms with Gasteiger partial charge in [-0.15, -0.1) is 0 Å². The molecule has 9 heteroatoms. The van der Waals surface area contributed by atoms with Gasteiger partial charge in [0, 0.05) is 18.2 Å². The number of nitrogens with zero attached hydrogens (tertiary/aromatic N) is 3. The molecule has 0 saturated carbocycles. The lowest BCUT2D eigenvalue weighted by Crippen LogP contribution is -2.36. The number of ether oxygens (including phenoxy) is 1. The first-order valence-corrected chi connectivity index (χ1v) is 9.36. The molecule has 2 aromatic rings. The molecule has 0 spiro atoms. The fourth-order valence-electron chi connectivity index (χ4n) is 2.49. The van der Waals surface area contributed by atoms with Gasteiger partial charge in [-0.05, 0) is 48.9 Å². The molecule has 2 heterocycles. The molecule has 144 valence electrons. The molecule has 0 aliphatic carbocycles. The first-order chi connectivity index (χ1) is 13.4. The molecule has 1 aromatic carbocycles. The summed E-state index contributed by atoms with van der Waals surface area (Å²) in [7, 11) is 0. The minimum atomic E-state index is -0.533. The topological polar surface area (TPSA) is 103 Å². The highest BCUT2D eigenvalue weighted by Crippen LogP contribution is 2.34. The lowest BCUT2D eigenvalue weighted by Gasteiger charge is -2.19. The number of aromatic nitrogens is 1. The van der Waals surface area contributed by atoms with Gasteiger partial charge >= 0.3 is 0 Å². The van der Waals surface area contributed by atoms with E-state index in [4.69, 9.17) is 4.74 Å². The Morgan fingerprint density at radius 3 is 2.54 bits per heavy atom. The Hall–Kier alpha value is -3.20. The molecule has 1 unspecified atom stereocenters. The zero-order chi connectivity index (χ0) is 20.3. The van der Waals surface area contributed by atoms with Crippen molar-refractivity contribution in [2.75, 3.05) is 0 Å².